The molecule has 24 heavy (non-hydrogen) atoms. The third kappa shape index (κ3) is 2.31. The molecular formula is C20H18N2O2. The molecule has 0 N–H and O–H groups in total. The van der Waals surface area contributed by atoms with E-state index in [0.29, 0.717) is 5.65 Å². The Morgan fingerprint density at radius 3 is 2.83 bits per heavy atom. The maximum absolute atomic E-state index is 12.8. The molecule has 1 aromatic carbocycles. The first-order chi connectivity index (χ1) is 11.7. The zero-order valence-corrected chi connectivity index (χ0v) is 13.7. The number of allylic oxidation sites excluding steroid dienone is 1. The third-order valence-corrected chi connectivity index (χ3v) is 4.48. The Morgan fingerprint density at radius 2 is 2.00 bits per heavy atom. The van der Waals surface area contributed by atoms with Crippen molar-refractivity contribution in [3.8, 4) is 5.75 Å². The molecule has 2 heterocycles. The molecule has 0 radical (unpaired) electrons. The van der Waals surface area contributed by atoms with E-state index < -0.39 is 0 Å². The van der Waals surface area contributed by atoms with E-state index in [1.54, 1.807) is 11.5 Å². The SMILES string of the molecule is COc1ccccc1C=C1CCc2c1nc1ccc(C)cn1c2=O. The minimum absolute atomic E-state index is 0.0436. The summed E-state index contributed by atoms with van der Waals surface area (Å²) in [6, 6.07) is 11.8. The van der Waals surface area contributed by atoms with Crippen molar-refractivity contribution in [2.24, 2.45) is 0 Å². The van der Waals surface area contributed by atoms with Crippen LogP contribution >= 0.6 is 0 Å². The Hall–Kier alpha value is -2.88. The third-order valence-electron chi connectivity index (χ3n) is 4.48. The van der Waals surface area contributed by atoms with Crippen LogP contribution in [0.5, 0.6) is 5.75 Å². The maximum atomic E-state index is 12.8. The summed E-state index contributed by atoms with van der Waals surface area (Å²) in [6.07, 6.45) is 5.50. The maximum Gasteiger partial charge on any atom is 0.261 e. The molecule has 0 atom stereocenters. The minimum atomic E-state index is 0.0436. The molecule has 0 spiro atoms. The fourth-order valence-electron chi connectivity index (χ4n) is 3.26. The van der Waals surface area contributed by atoms with Crippen molar-refractivity contribution in [1.82, 2.24) is 9.38 Å². The number of para-hydroxylation sites is 1. The molecule has 2 aromatic heterocycles. The van der Waals surface area contributed by atoms with Crippen molar-refractivity contribution in [2.45, 2.75) is 19.8 Å². The number of methoxy groups -OCH3 is 1. The smallest absolute Gasteiger partial charge is 0.261 e. The van der Waals surface area contributed by atoms with Crippen LogP contribution in [0.25, 0.3) is 17.3 Å². The van der Waals surface area contributed by atoms with Gasteiger partial charge in [0.1, 0.15) is 11.4 Å². The number of aromatic nitrogens is 2. The van der Waals surface area contributed by atoms with Crippen molar-refractivity contribution in [2.75, 3.05) is 7.11 Å². The van der Waals surface area contributed by atoms with Gasteiger partial charge < -0.3 is 4.74 Å². The Morgan fingerprint density at radius 1 is 1.17 bits per heavy atom. The van der Waals surface area contributed by atoms with Crippen molar-refractivity contribution < 1.29 is 4.74 Å². The van der Waals surface area contributed by atoms with Gasteiger partial charge in [-0.2, -0.15) is 0 Å². The van der Waals surface area contributed by atoms with Gasteiger partial charge in [0.2, 0.25) is 0 Å². The summed E-state index contributed by atoms with van der Waals surface area (Å²) in [5.74, 6) is 0.826. The van der Waals surface area contributed by atoms with Crippen LogP contribution in [0.1, 0.15) is 28.8 Å². The number of benzene rings is 1. The van der Waals surface area contributed by atoms with Gasteiger partial charge in [-0.05, 0) is 49.1 Å². The molecule has 0 saturated heterocycles. The summed E-state index contributed by atoms with van der Waals surface area (Å²) >= 11 is 0. The quantitative estimate of drug-likeness (QED) is 0.726. The summed E-state index contributed by atoms with van der Waals surface area (Å²) in [5, 5.41) is 0. The monoisotopic (exact) mass is 318 g/mol. The molecule has 0 aliphatic heterocycles. The predicted molar refractivity (Wildman–Crippen MR) is 95.4 cm³/mol. The molecule has 0 amide bonds. The second-order valence-corrected chi connectivity index (χ2v) is 6.09. The average Bonchev–Trinajstić information content (AvgIpc) is 2.99. The lowest BCUT2D eigenvalue weighted by Crippen LogP contribution is -2.19. The molecule has 0 unspecified atom stereocenters. The molecule has 1 aliphatic carbocycles. The molecule has 0 bridgehead atoms. The molecule has 3 aromatic rings. The molecule has 120 valence electrons. The molecule has 4 heteroatoms. The zero-order chi connectivity index (χ0) is 16.7. The van der Waals surface area contributed by atoms with E-state index in [-0.39, 0.29) is 5.56 Å². The lowest BCUT2D eigenvalue weighted by molar-refractivity contribution is 0.414. The standard InChI is InChI=1S/C20H18N2O2/c1-13-7-10-18-21-19-15(8-9-16(19)20(23)22(18)12-13)11-14-5-3-4-6-17(14)24-2/h3-7,10-12H,8-9H2,1-2H3. The summed E-state index contributed by atoms with van der Waals surface area (Å²) in [4.78, 5) is 17.5. The first-order valence-corrected chi connectivity index (χ1v) is 8.03. The molecule has 1 aliphatic rings. The average molecular weight is 318 g/mol. The number of hydrogen-bond donors (Lipinski definition) is 0. The zero-order valence-electron chi connectivity index (χ0n) is 13.7. The number of fused-ring (bicyclic) bond motifs is 2. The topological polar surface area (TPSA) is 43.6 Å². The van der Waals surface area contributed by atoms with Crippen molar-refractivity contribution in [3.05, 3.63) is 75.3 Å². The minimum Gasteiger partial charge on any atom is -0.496 e. The highest BCUT2D eigenvalue weighted by Gasteiger charge is 2.23. The van der Waals surface area contributed by atoms with E-state index >= 15 is 0 Å². The predicted octanol–water partition coefficient (Wildman–Crippen LogP) is 3.50. The van der Waals surface area contributed by atoms with E-state index in [1.807, 2.05) is 49.5 Å². The second-order valence-electron chi connectivity index (χ2n) is 6.09. The van der Waals surface area contributed by atoms with Crippen LogP contribution < -0.4 is 10.3 Å². The van der Waals surface area contributed by atoms with E-state index in [9.17, 15) is 4.79 Å². The first-order valence-electron chi connectivity index (χ1n) is 8.03. The van der Waals surface area contributed by atoms with Crippen LogP contribution in [0, 0.1) is 6.92 Å². The number of hydrogen-bond acceptors (Lipinski definition) is 3. The van der Waals surface area contributed by atoms with Gasteiger partial charge in [-0.25, -0.2) is 4.98 Å². The highest BCUT2D eigenvalue weighted by molar-refractivity contribution is 5.85. The van der Waals surface area contributed by atoms with Crippen molar-refractivity contribution in [1.29, 1.82) is 0 Å². The van der Waals surface area contributed by atoms with Crippen molar-refractivity contribution >= 4 is 17.3 Å². The Labute approximate surface area is 140 Å². The molecule has 0 fully saturated rings. The number of pyridine rings is 1. The van der Waals surface area contributed by atoms with Gasteiger partial charge in [-0.1, -0.05) is 24.3 Å². The van der Waals surface area contributed by atoms with Crippen LogP contribution in [-0.4, -0.2) is 16.5 Å². The van der Waals surface area contributed by atoms with Crippen LogP contribution in [0.4, 0.5) is 0 Å². The van der Waals surface area contributed by atoms with Crippen LogP contribution in [0.3, 0.4) is 0 Å². The molecule has 4 rings (SSSR count). The van der Waals surface area contributed by atoms with Gasteiger partial charge in [0.15, 0.2) is 0 Å². The molecule has 0 saturated carbocycles. The number of nitrogens with zero attached hydrogens (tertiary/aromatic N) is 2. The lowest BCUT2D eigenvalue weighted by Gasteiger charge is -2.07. The fraction of sp³-hybridized carbons (Fsp3) is 0.200. The summed E-state index contributed by atoms with van der Waals surface area (Å²) in [5.41, 5.74) is 5.52. The van der Waals surface area contributed by atoms with E-state index in [0.717, 1.165) is 46.5 Å². The van der Waals surface area contributed by atoms with Crippen LogP contribution in [0.15, 0.2) is 47.4 Å². The van der Waals surface area contributed by atoms with Gasteiger partial charge in [-0.3, -0.25) is 9.20 Å². The summed E-state index contributed by atoms with van der Waals surface area (Å²) < 4.78 is 7.07. The largest absolute Gasteiger partial charge is 0.496 e. The highest BCUT2D eigenvalue weighted by Crippen LogP contribution is 2.32. The Kier molecular flexibility index (Phi) is 3.45. The number of aryl methyl sites for hydroxylation is 1. The van der Waals surface area contributed by atoms with E-state index in [1.165, 1.54) is 0 Å². The summed E-state index contributed by atoms with van der Waals surface area (Å²) in [7, 11) is 1.67. The number of rotatable bonds is 2. The number of ether oxygens (including phenoxy) is 1. The van der Waals surface area contributed by atoms with Gasteiger partial charge in [0.05, 0.1) is 12.8 Å². The molecule has 4 nitrogen and oxygen atoms in total. The lowest BCUT2D eigenvalue weighted by atomic mass is 10.1. The van der Waals surface area contributed by atoms with Crippen LogP contribution in [0.2, 0.25) is 0 Å². The van der Waals surface area contributed by atoms with Crippen LogP contribution in [-0.2, 0) is 6.42 Å². The summed E-state index contributed by atoms with van der Waals surface area (Å²) in [6.45, 7) is 1.98. The van der Waals surface area contributed by atoms with Gasteiger partial charge in [0, 0.05) is 17.3 Å². The van der Waals surface area contributed by atoms with Gasteiger partial charge in [0.25, 0.3) is 5.56 Å². The normalized spacial score (nSPS) is 15.0. The Balaban J connectivity index is 1.90. The second kappa shape index (κ2) is 5.64. The van der Waals surface area contributed by atoms with E-state index in [4.69, 9.17) is 9.72 Å². The highest BCUT2D eigenvalue weighted by atomic mass is 16.5. The van der Waals surface area contributed by atoms with Gasteiger partial charge >= 0.3 is 0 Å². The Bertz CT molecular complexity index is 1030. The molecular weight excluding hydrogens is 300 g/mol. The van der Waals surface area contributed by atoms with E-state index in [2.05, 4.69) is 6.08 Å². The van der Waals surface area contributed by atoms with Crippen molar-refractivity contribution in [3.63, 3.8) is 0 Å². The first kappa shape index (κ1) is 14.7. The fourth-order valence-corrected chi connectivity index (χ4v) is 3.26. The van der Waals surface area contributed by atoms with Gasteiger partial charge in [-0.15, -0.1) is 0 Å².